The Labute approximate surface area is 74.0 Å². The molecule has 0 spiro atoms. The average Bonchev–Trinajstić information content (AvgIpc) is 2.05. The fourth-order valence-corrected chi connectivity index (χ4v) is 1.83. The van der Waals surface area contributed by atoms with Gasteiger partial charge in [0.05, 0.1) is 0 Å². The molecule has 0 aliphatic carbocycles. The molecule has 1 amide bonds. The molecule has 0 aromatic carbocycles. The Morgan fingerprint density at radius 2 is 2.50 bits per heavy atom. The molecule has 1 N–H and O–H groups in total. The Hall–Kier alpha value is -0.790. The number of carbonyl (C=O) groups is 1. The first kappa shape index (κ1) is 9.30. The first-order valence-electron chi connectivity index (χ1n) is 4.68. The van der Waals surface area contributed by atoms with Crippen molar-refractivity contribution in [2.75, 3.05) is 0 Å². The molecule has 2 unspecified atom stereocenters. The first-order chi connectivity index (χ1) is 5.77. The molecule has 0 bridgehead atoms. The van der Waals surface area contributed by atoms with E-state index in [2.05, 4.69) is 18.8 Å². The number of nitrogens with one attached hydrogen (secondary N) is 1. The standard InChI is InChI=1S/C10H17NO/c1-3-5-9-8(4-2)6-7-10(12)11-9/h3,8-9H,1,4-7H2,2H3,(H,11,12). The summed E-state index contributed by atoms with van der Waals surface area (Å²) in [5.74, 6) is 0.854. The summed E-state index contributed by atoms with van der Waals surface area (Å²) in [6.45, 7) is 5.88. The van der Waals surface area contributed by atoms with Crippen molar-refractivity contribution >= 4 is 5.91 Å². The molecule has 2 nitrogen and oxygen atoms in total. The van der Waals surface area contributed by atoms with Crippen LogP contribution >= 0.6 is 0 Å². The van der Waals surface area contributed by atoms with E-state index >= 15 is 0 Å². The lowest BCUT2D eigenvalue weighted by molar-refractivity contribution is -0.124. The van der Waals surface area contributed by atoms with Gasteiger partial charge in [-0.3, -0.25) is 4.79 Å². The minimum atomic E-state index is 0.201. The minimum Gasteiger partial charge on any atom is -0.353 e. The van der Waals surface area contributed by atoms with Crippen LogP contribution in [0.1, 0.15) is 32.6 Å². The molecule has 1 aliphatic rings. The molecule has 1 rings (SSSR count). The molecule has 0 aromatic rings. The van der Waals surface area contributed by atoms with Crippen molar-refractivity contribution in [3.05, 3.63) is 12.7 Å². The fraction of sp³-hybridized carbons (Fsp3) is 0.700. The number of piperidine rings is 1. The van der Waals surface area contributed by atoms with Crippen molar-refractivity contribution in [1.82, 2.24) is 5.32 Å². The highest BCUT2D eigenvalue weighted by molar-refractivity contribution is 5.77. The lowest BCUT2D eigenvalue weighted by Gasteiger charge is -2.30. The van der Waals surface area contributed by atoms with Crippen molar-refractivity contribution in [1.29, 1.82) is 0 Å². The van der Waals surface area contributed by atoms with Crippen LogP contribution in [0.2, 0.25) is 0 Å². The van der Waals surface area contributed by atoms with Gasteiger partial charge in [0, 0.05) is 12.5 Å². The minimum absolute atomic E-state index is 0.201. The number of amides is 1. The summed E-state index contributed by atoms with van der Waals surface area (Å²) in [5, 5.41) is 3.01. The zero-order valence-corrected chi connectivity index (χ0v) is 7.68. The summed E-state index contributed by atoms with van der Waals surface area (Å²) in [7, 11) is 0. The smallest absolute Gasteiger partial charge is 0.220 e. The zero-order valence-electron chi connectivity index (χ0n) is 7.68. The van der Waals surface area contributed by atoms with Crippen molar-refractivity contribution in [2.24, 2.45) is 5.92 Å². The van der Waals surface area contributed by atoms with E-state index in [1.807, 2.05) is 6.08 Å². The second kappa shape index (κ2) is 4.29. The molecule has 2 heteroatoms. The second-order valence-corrected chi connectivity index (χ2v) is 3.41. The predicted molar refractivity (Wildman–Crippen MR) is 49.8 cm³/mol. The Bertz CT molecular complexity index is 177. The topological polar surface area (TPSA) is 29.1 Å². The number of hydrogen-bond donors (Lipinski definition) is 1. The third kappa shape index (κ3) is 2.10. The van der Waals surface area contributed by atoms with Gasteiger partial charge in [-0.2, -0.15) is 0 Å². The predicted octanol–water partition coefficient (Wildman–Crippen LogP) is 1.87. The van der Waals surface area contributed by atoms with Crippen LogP contribution in [0.3, 0.4) is 0 Å². The molecule has 1 fully saturated rings. The molecular formula is C10H17NO. The summed E-state index contributed by atoms with van der Waals surface area (Å²) >= 11 is 0. The highest BCUT2D eigenvalue weighted by Crippen LogP contribution is 2.22. The molecule has 12 heavy (non-hydrogen) atoms. The van der Waals surface area contributed by atoms with Gasteiger partial charge in [0.1, 0.15) is 0 Å². The van der Waals surface area contributed by atoms with Crippen LogP contribution < -0.4 is 5.32 Å². The third-order valence-electron chi connectivity index (χ3n) is 2.60. The van der Waals surface area contributed by atoms with E-state index in [0.29, 0.717) is 18.4 Å². The maximum Gasteiger partial charge on any atom is 0.220 e. The van der Waals surface area contributed by atoms with E-state index in [4.69, 9.17) is 0 Å². The van der Waals surface area contributed by atoms with Crippen molar-refractivity contribution in [3.63, 3.8) is 0 Å². The van der Waals surface area contributed by atoms with Gasteiger partial charge in [0.2, 0.25) is 5.91 Å². The van der Waals surface area contributed by atoms with Crippen LogP contribution in [0, 0.1) is 5.92 Å². The largest absolute Gasteiger partial charge is 0.353 e. The number of rotatable bonds is 3. The Morgan fingerprint density at radius 1 is 1.75 bits per heavy atom. The summed E-state index contributed by atoms with van der Waals surface area (Å²) < 4.78 is 0. The zero-order chi connectivity index (χ0) is 8.97. The summed E-state index contributed by atoms with van der Waals surface area (Å²) in [6, 6.07) is 0.341. The normalized spacial score (nSPS) is 29.6. The molecule has 1 heterocycles. The van der Waals surface area contributed by atoms with E-state index in [-0.39, 0.29) is 5.91 Å². The van der Waals surface area contributed by atoms with E-state index in [1.165, 1.54) is 0 Å². The highest BCUT2D eigenvalue weighted by Gasteiger charge is 2.25. The van der Waals surface area contributed by atoms with Crippen LogP contribution in [0.25, 0.3) is 0 Å². The Kier molecular flexibility index (Phi) is 3.32. The summed E-state index contributed by atoms with van der Waals surface area (Å²) in [6.07, 6.45) is 5.69. The van der Waals surface area contributed by atoms with E-state index in [9.17, 15) is 4.79 Å². The van der Waals surface area contributed by atoms with Gasteiger partial charge in [0.25, 0.3) is 0 Å². The lowest BCUT2D eigenvalue weighted by atomic mass is 9.87. The maximum absolute atomic E-state index is 11.1. The molecule has 0 aromatic heterocycles. The quantitative estimate of drug-likeness (QED) is 0.639. The Balaban J connectivity index is 2.50. The average molecular weight is 167 g/mol. The van der Waals surface area contributed by atoms with Crippen molar-refractivity contribution < 1.29 is 4.79 Å². The molecule has 1 saturated heterocycles. The molecule has 0 saturated carbocycles. The third-order valence-corrected chi connectivity index (χ3v) is 2.60. The first-order valence-corrected chi connectivity index (χ1v) is 4.68. The van der Waals surface area contributed by atoms with Gasteiger partial charge >= 0.3 is 0 Å². The second-order valence-electron chi connectivity index (χ2n) is 3.41. The summed E-state index contributed by atoms with van der Waals surface area (Å²) in [4.78, 5) is 11.1. The highest BCUT2D eigenvalue weighted by atomic mass is 16.1. The molecule has 0 radical (unpaired) electrons. The van der Waals surface area contributed by atoms with E-state index in [0.717, 1.165) is 19.3 Å². The van der Waals surface area contributed by atoms with Crippen LogP contribution in [0.15, 0.2) is 12.7 Å². The van der Waals surface area contributed by atoms with Crippen LogP contribution in [-0.4, -0.2) is 11.9 Å². The molecule has 2 atom stereocenters. The van der Waals surface area contributed by atoms with Crippen LogP contribution in [0.4, 0.5) is 0 Å². The van der Waals surface area contributed by atoms with Crippen molar-refractivity contribution in [3.8, 4) is 0 Å². The van der Waals surface area contributed by atoms with Gasteiger partial charge in [-0.05, 0) is 18.8 Å². The monoisotopic (exact) mass is 167 g/mol. The van der Waals surface area contributed by atoms with Crippen LogP contribution in [-0.2, 0) is 4.79 Å². The van der Waals surface area contributed by atoms with Gasteiger partial charge < -0.3 is 5.32 Å². The number of hydrogen-bond acceptors (Lipinski definition) is 1. The maximum atomic E-state index is 11.1. The van der Waals surface area contributed by atoms with E-state index in [1.54, 1.807) is 0 Å². The number of carbonyl (C=O) groups excluding carboxylic acids is 1. The fourth-order valence-electron chi connectivity index (χ4n) is 1.83. The van der Waals surface area contributed by atoms with Gasteiger partial charge in [-0.15, -0.1) is 6.58 Å². The van der Waals surface area contributed by atoms with Crippen molar-refractivity contribution in [2.45, 2.75) is 38.6 Å². The van der Waals surface area contributed by atoms with Gasteiger partial charge in [0.15, 0.2) is 0 Å². The van der Waals surface area contributed by atoms with Crippen LogP contribution in [0.5, 0.6) is 0 Å². The molecular weight excluding hydrogens is 150 g/mol. The van der Waals surface area contributed by atoms with E-state index < -0.39 is 0 Å². The van der Waals surface area contributed by atoms with Gasteiger partial charge in [-0.25, -0.2) is 0 Å². The van der Waals surface area contributed by atoms with Gasteiger partial charge in [-0.1, -0.05) is 19.4 Å². The Morgan fingerprint density at radius 3 is 3.08 bits per heavy atom. The summed E-state index contributed by atoms with van der Waals surface area (Å²) in [5.41, 5.74) is 0. The molecule has 68 valence electrons. The molecule has 1 aliphatic heterocycles. The lowest BCUT2D eigenvalue weighted by Crippen LogP contribution is -2.44. The SMILES string of the molecule is C=CCC1NC(=O)CCC1CC.